The SMILES string of the molecule is CSCCn1c(C(F)(F)F)nc2cc(N)ccc21. The van der Waals surface area contributed by atoms with Gasteiger partial charge in [-0.05, 0) is 24.5 Å². The Morgan fingerprint density at radius 1 is 1.39 bits per heavy atom. The zero-order valence-corrected chi connectivity index (χ0v) is 10.5. The minimum absolute atomic E-state index is 0.274. The van der Waals surface area contributed by atoms with E-state index in [4.69, 9.17) is 5.73 Å². The van der Waals surface area contributed by atoms with Gasteiger partial charge in [0.15, 0.2) is 0 Å². The van der Waals surface area contributed by atoms with Gasteiger partial charge in [-0.15, -0.1) is 0 Å². The summed E-state index contributed by atoms with van der Waals surface area (Å²) < 4.78 is 39.9. The molecule has 0 spiro atoms. The first-order valence-corrected chi connectivity index (χ1v) is 6.65. The number of aryl methyl sites for hydroxylation is 1. The van der Waals surface area contributed by atoms with Crippen LogP contribution in [0.25, 0.3) is 11.0 Å². The molecular weight excluding hydrogens is 263 g/mol. The molecule has 98 valence electrons. The molecule has 0 bridgehead atoms. The summed E-state index contributed by atoms with van der Waals surface area (Å²) >= 11 is 1.49. The van der Waals surface area contributed by atoms with Crippen LogP contribution >= 0.6 is 11.8 Å². The van der Waals surface area contributed by atoms with Crippen molar-refractivity contribution in [2.24, 2.45) is 0 Å². The summed E-state index contributed by atoms with van der Waals surface area (Å²) in [6.45, 7) is 0.274. The van der Waals surface area contributed by atoms with E-state index in [1.165, 1.54) is 22.4 Å². The van der Waals surface area contributed by atoms with Crippen LogP contribution in [0.4, 0.5) is 18.9 Å². The number of thioether (sulfide) groups is 1. The van der Waals surface area contributed by atoms with E-state index >= 15 is 0 Å². The normalized spacial score (nSPS) is 12.2. The first-order valence-electron chi connectivity index (χ1n) is 5.25. The summed E-state index contributed by atoms with van der Waals surface area (Å²) in [5, 5.41) is 0. The second kappa shape index (κ2) is 4.72. The number of imidazole rings is 1. The Hall–Kier alpha value is -1.37. The molecule has 0 amide bonds. The van der Waals surface area contributed by atoms with Gasteiger partial charge in [-0.2, -0.15) is 24.9 Å². The van der Waals surface area contributed by atoms with Gasteiger partial charge in [-0.1, -0.05) is 0 Å². The van der Waals surface area contributed by atoms with E-state index in [-0.39, 0.29) is 12.1 Å². The van der Waals surface area contributed by atoms with Crippen LogP contribution in [-0.4, -0.2) is 21.6 Å². The smallest absolute Gasteiger partial charge is 0.399 e. The summed E-state index contributed by atoms with van der Waals surface area (Å²) in [7, 11) is 0. The summed E-state index contributed by atoms with van der Waals surface area (Å²) in [5.41, 5.74) is 6.71. The largest absolute Gasteiger partial charge is 0.449 e. The van der Waals surface area contributed by atoms with Crippen LogP contribution in [0.15, 0.2) is 18.2 Å². The van der Waals surface area contributed by atoms with Gasteiger partial charge in [0.25, 0.3) is 0 Å². The van der Waals surface area contributed by atoms with Crippen molar-refractivity contribution in [3.8, 4) is 0 Å². The molecule has 0 aliphatic rings. The number of fused-ring (bicyclic) bond motifs is 1. The van der Waals surface area contributed by atoms with E-state index in [1.807, 2.05) is 6.26 Å². The van der Waals surface area contributed by atoms with Crippen molar-refractivity contribution < 1.29 is 13.2 Å². The first-order chi connectivity index (χ1) is 8.43. The maximum Gasteiger partial charge on any atom is 0.449 e. The highest BCUT2D eigenvalue weighted by Crippen LogP contribution is 2.32. The predicted molar refractivity (Wildman–Crippen MR) is 67.5 cm³/mol. The number of anilines is 1. The van der Waals surface area contributed by atoms with Crippen molar-refractivity contribution in [1.82, 2.24) is 9.55 Å². The molecule has 18 heavy (non-hydrogen) atoms. The molecule has 0 fully saturated rings. The standard InChI is InChI=1S/C11H12F3N3S/c1-18-5-4-17-9-3-2-7(15)6-8(9)16-10(17)11(12,13)14/h2-3,6H,4-5,15H2,1H3. The lowest BCUT2D eigenvalue weighted by atomic mass is 10.3. The lowest BCUT2D eigenvalue weighted by Crippen LogP contribution is -2.15. The molecule has 0 aliphatic carbocycles. The molecule has 0 atom stereocenters. The van der Waals surface area contributed by atoms with E-state index in [1.54, 1.807) is 12.1 Å². The average molecular weight is 275 g/mol. The number of nitrogen functional groups attached to an aromatic ring is 1. The van der Waals surface area contributed by atoms with Crippen molar-refractivity contribution in [2.75, 3.05) is 17.7 Å². The third-order valence-electron chi connectivity index (χ3n) is 2.54. The number of aromatic nitrogens is 2. The van der Waals surface area contributed by atoms with E-state index in [2.05, 4.69) is 4.98 Å². The molecule has 0 saturated carbocycles. The second-order valence-electron chi connectivity index (χ2n) is 3.83. The Morgan fingerprint density at radius 3 is 2.72 bits per heavy atom. The van der Waals surface area contributed by atoms with Crippen molar-refractivity contribution in [3.05, 3.63) is 24.0 Å². The zero-order chi connectivity index (χ0) is 13.3. The number of nitrogens with zero attached hydrogens (tertiary/aromatic N) is 2. The topological polar surface area (TPSA) is 43.8 Å². The van der Waals surface area contributed by atoms with E-state index in [0.29, 0.717) is 17.0 Å². The Morgan fingerprint density at radius 2 is 2.11 bits per heavy atom. The monoisotopic (exact) mass is 275 g/mol. The van der Waals surface area contributed by atoms with Gasteiger partial charge in [0.1, 0.15) is 0 Å². The highest BCUT2D eigenvalue weighted by Gasteiger charge is 2.37. The molecule has 1 aromatic heterocycles. The molecule has 1 aromatic carbocycles. The number of alkyl halides is 3. The Labute approximate surface area is 106 Å². The molecular formula is C11H12F3N3S. The van der Waals surface area contributed by atoms with Crippen LogP contribution in [0.3, 0.4) is 0 Å². The lowest BCUT2D eigenvalue weighted by molar-refractivity contribution is -0.146. The summed E-state index contributed by atoms with van der Waals surface area (Å²) in [6.07, 6.45) is -2.60. The fourth-order valence-corrected chi connectivity index (χ4v) is 2.14. The fraction of sp³-hybridized carbons (Fsp3) is 0.364. The number of nitrogens with two attached hydrogens (primary N) is 1. The van der Waals surface area contributed by atoms with Gasteiger partial charge in [0.05, 0.1) is 11.0 Å². The van der Waals surface area contributed by atoms with Crippen molar-refractivity contribution >= 4 is 28.5 Å². The van der Waals surface area contributed by atoms with Crippen LogP contribution in [0.5, 0.6) is 0 Å². The number of hydrogen-bond donors (Lipinski definition) is 1. The first kappa shape index (κ1) is 13.1. The third-order valence-corrected chi connectivity index (χ3v) is 3.14. The van der Waals surface area contributed by atoms with Gasteiger partial charge >= 0.3 is 6.18 Å². The van der Waals surface area contributed by atoms with Crippen LogP contribution < -0.4 is 5.73 Å². The number of halogens is 3. The van der Waals surface area contributed by atoms with Crippen LogP contribution in [0, 0.1) is 0 Å². The second-order valence-corrected chi connectivity index (χ2v) is 4.81. The van der Waals surface area contributed by atoms with Crippen LogP contribution in [-0.2, 0) is 12.7 Å². The summed E-state index contributed by atoms with van der Waals surface area (Å²) in [4.78, 5) is 3.65. The number of benzene rings is 1. The van der Waals surface area contributed by atoms with Crippen molar-refractivity contribution in [3.63, 3.8) is 0 Å². The van der Waals surface area contributed by atoms with Crippen LogP contribution in [0.1, 0.15) is 5.82 Å². The molecule has 2 rings (SSSR count). The molecule has 3 nitrogen and oxygen atoms in total. The molecule has 0 unspecified atom stereocenters. The van der Waals surface area contributed by atoms with E-state index in [0.717, 1.165) is 0 Å². The quantitative estimate of drug-likeness (QED) is 0.876. The molecule has 2 aromatic rings. The van der Waals surface area contributed by atoms with Crippen molar-refractivity contribution in [2.45, 2.75) is 12.7 Å². The van der Waals surface area contributed by atoms with Gasteiger partial charge in [-0.3, -0.25) is 0 Å². The lowest BCUT2D eigenvalue weighted by Gasteiger charge is -2.10. The molecule has 1 heterocycles. The van der Waals surface area contributed by atoms with Crippen LogP contribution in [0.2, 0.25) is 0 Å². The van der Waals surface area contributed by atoms with E-state index in [9.17, 15) is 13.2 Å². The zero-order valence-electron chi connectivity index (χ0n) is 9.66. The average Bonchev–Trinajstić information content (AvgIpc) is 2.63. The summed E-state index contributed by atoms with van der Waals surface area (Å²) in [6, 6.07) is 4.62. The Kier molecular flexibility index (Phi) is 3.43. The minimum Gasteiger partial charge on any atom is -0.399 e. The molecule has 0 saturated heterocycles. The highest BCUT2D eigenvalue weighted by atomic mass is 32.2. The fourth-order valence-electron chi connectivity index (χ4n) is 1.77. The van der Waals surface area contributed by atoms with Crippen molar-refractivity contribution in [1.29, 1.82) is 0 Å². The maximum absolute atomic E-state index is 12.9. The van der Waals surface area contributed by atoms with Gasteiger partial charge in [-0.25, -0.2) is 4.98 Å². The predicted octanol–water partition coefficient (Wildman–Crippen LogP) is 3.00. The maximum atomic E-state index is 12.9. The highest BCUT2D eigenvalue weighted by molar-refractivity contribution is 7.98. The molecule has 2 N–H and O–H groups in total. The van der Waals surface area contributed by atoms with Gasteiger partial charge < -0.3 is 10.3 Å². The minimum atomic E-state index is -4.45. The Bertz CT molecular complexity index is 562. The third kappa shape index (κ3) is 2.40. The number of hydrogen-bond acceptors (Lipinski definition) is 3. The molecule has 7 heteroatoms. The van der Waals surface area contributed by atoms with Gasteiger partial charge in [0.2, 0.25) is 5.82 Å². The molecule has 0 aliphatic heterocycles. The molecule has 0 radical (unpaired) electrons. The number of rotatable bonds is 3. The Balaban J connectivity index is 2.60. The van der Waals surface area contributed by atoms with E-state index < -0.39 is 12.0 Å². The van der Waals surface area contributed by atoms with Gasteiger partial charge in [0, 0.05) is 18.0 Å². The summed E-state index contributed by atoms with van der Waals surface area (Å²) in [5.74, 6) is -0.268.